The average Bonchev–Trinajstić information content (AvgIpc) is 3.15. The van der Waals surface area contributed by atoms with Crippen molar-refractivity contribution in [1.82, 2.24) is 4.98 Å². The van der Waals surface area contributed by atoms with Gasteiger partial charge in [0.1, 0.15) is 5.82 Å². The third-order valence-electron chi connectivity index (χ3n) is 3.76. The molecule has 0 N–H and O–H groups in total. The van der Waals surface area contributed by atoms with Crippen LogP contribution in [0.5, 0.6) is 0 Å². The number of thioether (sulfide) groups is 1. The molecular weight excluding hydrogens is 389 g/mol. The van der Waals surface area contributed by atoms with Gasteiger partial charge in [-0.1, -0.05) is 11.8 Å². The summed E-state index contributed by atoms with van der Waals surface area (Å²) in [5.41, 5.74) is 2.11. The van der Waals surface area contributed by atoms with Crippen molar-refractivity contribution in [3.63, 3.8) is 0 Å². The number of rotatable bonds is 6. The van der Waals surface area contributed by atoms with Crippen molar-refractivity contribution in [2.45, 2.75) is 4.34 Å². The van der Waals surface area contributed by atoms with Crippen LogP contribution in [0.15, 0.2) is 58.3 Å². The normalized spacial score (nSPS) is 10.6. The van der Waals surface area contributed by atoms with E-state index < -0.39 is 4.92 Å². The summed E-state index contributed by atoms with van der Waals surface area (Å²) in [4.78, 5) is 28.5. The Hall–Kier alpha value is -2.78. The number of non-ortho nitro benzene ring substituents is 1. The summed E-state index contributed by atoms with van der Waals surface area (Å²) in [5.74, 6) is -0.264. The average molecular weight is 403 g/mol. The van der Waals surface area contributed by atoms with Crippen LogP contribution in [0.2, 0.25) is 0 Å². The summed E-state index contributed by atoms with van der Waals surface area (Å²) in [6.45, 7) is 0. The van der Waals surface area contributed by atoms with Gasteiger partial charge in [-0.3, -0.25) is 14.9 Å². The highest BCUT2D eigenvalue weighted by molar-refractivity contribution is 8.01. The molecule has 0 radical (unpaired) electrons. The van der Waals surface area contributed by atoms with E-state index in [9.17, 15) is 19.3 Å². The summed E-state index contributed by atoms with van der Waals surface area (Å²) in [6, 6.07) is 11.9. The lowest BCUT2D eigenvalue weighted by molar-refractivity contribution is -0.384. The number of carbonyl (C=O) groups is 1. The zero-order chi connectivity index (χ0) is 19.4. The van der Waals surface area contributed by atoms with Crippen LogP contribution in [-0.4, -0.2) is 28.6 Å². The molecule has 3 aromatic rings. The second-order valence-corrected chi connectivity index (χ2v) is 7.60. The maximum atomic E-state index is 13.0. The number of carbonyl (C=O) groups excluding carboxylic acids is 1. The highest BCUT2D eigenvalue weighted by Gasteiger charge is 2.14. The van der Waals surface area contributed by atoms with Gasteiger partial charge in [0.2, 0.25) is 5.91 Å². The summed E-state index contributed by atoms with van der Waals surface area (Å²) in [6.07, 6.45) is 0. The molecule has 0 fully saturated rings. The number of hydrogen-bond donors (Lipinski definition) is 0. The summed E-state index contributed by atoms with van der Waals surface area (Å²) in [5, 5.41) is 12.6. The molecule has 1 heterocycles. The van der Waals surface area contributed by atoms with Crippen LogP contribution < -0.4 is 4.90 Å². The van der Waals surface area contributed by atoms with Crippen molar-refractivity contribution in [2.75, 3.05) is 17.7 Å². The number of halogens is 1. The second kappa shape index (κ2) is 8.28. The molecule has 0 atom stereocenters. The number of hydrogen-bond acceptors (Lipinski definition) is 6. The van der Waals surface area contributed by atoms with Crippen LogP contribution in [0.4, 0.5) is 15.8 Å². The molecule has 2 aromatic carbocycles. The lowest BCUT2D eigenvalue weighted by Crippen LogP contribution is -2.27. The molecule has 0 saturated heterocycles. The van der Waals surface area contributed by atoms with Crippen LogP contribution >= 0.6 is 23.1 Å². The second-order valence-electron chi connectivity index (χ2n) is 5.52. The summed E-state index contributed by atoms with van der Waals surface area (Å²) < 4.78 is 13.7. The van der Waals surface area contributed by atoms with Crippen LogP contribution in [0.3, 0.4) is 0 Å². The van der Waals surface area contributed by atoms with Gasteiger partial charge in [0.15, 0.2) is 4.34 Å². The molecule has 0 saturated carbocycles. The molecule has 6 nitrogen and oxygen atoms in total. The number of nitro groups is 1. The number of benzene rings is 2. The number of anilines is 1. The minimum absolute atomic E-state index is 0.0231. The highest BCUT2D eigenvalue weighted by Crippen LogP contribution is 2.29. The lowest BCUT2D eigenvalue weighted by Gasteiger charge is -2.16. The molecule has 0 unspecified atom stereocenters. The first-order valence-corrected chi connectivity index (χ1v) is 9.66. The Morgan fingerprint density at radius 2 is 1.89 bits per heavy atom. The van der Waals surface area contributed by atoms with Gasteiger partial charge in [0.25, 0.3) is 5.69 Å². The molecule has 3 rings (SSSR count). The lowest BCUT2D eigenvalue weighted by atomic mass is 10.2. The summed E-state index contributed by atoms with van der Waals surface area (Å²) >= 11 is 2.73. The molecule has 0 bridgehead atoms. The third-order valence-corrected chi connectivity index (χ3v) is 5.77. The Labute approximate surface area is 162 Å². The van der Waals surface area contributed by atoms with Crippen molar-refractivity contribution in [3.05, 3.63) is 69.8 Å². The molecule has 9 heteroatoms. The molecular formula is C18H14FN3O3S2. The van der Waals surface area contributed by atoms with Gasteiger partial charge in [-0.05, 0) is 36.4 Å². The van der Waals surface area contributed by atoms with E-state index in [1.165, 1.54) is 64.4 Å². The predicted molar refractivity (Wildman–Crippen MR) is 105 cm³/mol. The van der Waals surface area contributed by atoms with E-state index >= 15 is 0 Å². The summed E-state index contributed by atoms with van der Waals surface area (Å²) in [7, 11) is 1.62. The van der Waals surface area contributed by atoms with E-state index in [4.69, 9.17) is 0 Å². The van der Waals surface area contributed by atoms with Gasteiger partial charge >= 0.3 is 0 Å². The monoisotopic (exact) mass is 403 g/mol. The third kappa shape index (κ3) is 4.69. The Morgan fingerprint density at radius 3 is 2.52 bits per heavy atom. The number of aromatic nitrogens is 1. The molecule has 0 aliphatic rings. The topological polar surface area (TPSA) is 76.3 Å². The van der Waals surface area contributed by atoms with Crippen molar-refractivity contribution < 1.29 is 14.1 Å². The smallest absolute Gasteiger partial charge is 0.269 e. The molecule has 27 heavy (non-hydrogen) atoms. The van der Waals surface area contributed by atoms with E-state index in [0.717, 1.165) is 15.6 Å². The molecule has 0 aliphatic carbocycles. The Bertz CT molecular complexity index is 959. The Balaban J connectivity index is 1.60. The van der Waals surface area contributed by atoms with Gasteiger partial charge < -0.3 is 4.90 Å². The van der Waals surface area contributed by atoms with Gasteiger partial charge in [-0.2, -0.15) is 0 Å². The van der Waals surface area contributed by atoms with E-state index in [0.29, 0.717) is 5.69 Å². The fourth-order valence-corrected chi connectivity index (χ4v) is 3.99. The number of nitro benzene ring substituents is 1. The maximum absolute atomic E-state index is 13.0. The SMILES string of the molecule is CN(C(=O)CSc1nc(-c2ccc(F)cc2)cs1)c1ccc([N+](=O)[O-])cc1. The van der Waals surface area contributed by atoms with Crippen molar-refractivity contribution in [1.29, 1.82) is 0 Å². The van der Waals surface area contributed by atoms with Gasteiger partial charge in [0, 0.05) is 35.8 Å². The van der Waals surface area contributed by atoms with Gasteiger partial charge in [0.05, 0.1) is 16.4 Å². The van der Waals surface area contributed by atoms with Crippen molar-refractivity contribution in [2.24, 2.45) is 0 Å². The first-order valence-electron chi connectivity index (χ1n) is 7.79. The molecule has 0 aliphatic heterocycles. The standard InChI is InChI=1S/C18H14FN3O3S2/c1-21(14-6-8-15(9-7-14)22(24)25)17(23)11-27-18-20-16(10-26-18)12-2-4-13(19)5-3-12/h2-10H,11H2,1H3. The Kier molecular flexibility index (Phi) is 5.82. The first kappa shape index (κ1) is 19.0. The minimum Gasteiger partial charge on any atom is -0.315 e. The van der Waals surface area contributed by atoms with Crippen LogP contribution in [-0.2, 0) is 4.79 Å². The maximum Gasteiger partial charge on any atom is 0.269 e. The first-order chi connectivity index (χ1) is 12.9. The fraction of sp³-hybridized carbons (Fsp3) is 0.111. The number of thiazole rings is 1. The van der Waals surface area contributed by atoms with E-state index in [1.54, 1.807) is 19.2 Å². The molecule has 1 aromatic heterocycles. The quantitative estimate of drug-likeness (QED) is 0.341. The van der Waals surface area contributed by atoms with Crippen molar-refractivity contribution >= 4 is 40.4 Å². The van der Waals surface area contributed by atoms with Gasteiger partial charge in [-0.25, -0.2) is 9.37 Å². The largest absolute Gasteiger partial charge is 0.315 e. The van der Waals surface area contributed by atoms with Gasteiger partial charge in [-0.15, -0.1) is 11.3 Å². The molecule has 0 spiro atoms. The van der Waals surface area contributed by atoms with E-state index in [-0.39, 0.29) is 23.2 Å². The fourth-order valence-electron chi connectivity index (χ4n) is 2.24. The van der Waals surface area contributed by atoms with E-state index in [2.05, 4.69) is 4.98 Å². The zero-order valence-corrected chi connectivity index (χ0v) is 15.8. The highest BCUT2D eigenvalue weighted by atomic mass is 32.2. The number of amides is 1. The van der Waals surface area contributed by atoms with E-state index in [1.807, 2.05) is 5.38 Å². The molecule has 138 valence electrons. The zero-order valence-electron chi connectivity index (χ0n) is 14.2. The predicted octanol–water partition coefficient (Wildman–Crippen LogP) is 4.61. The van der Waals surface area contributed by atoms with Crippen LogP contribution in [0.1, 0.15) is 0 Å². The van der Waals surface area contributed by atoms with Crippen LogP contribution in [0, 0.1) is 15.9 Å². The van der Waals surface area contributed by atoms with Crippen molar-refractivity contribution in [3.8, 4) is 11.3 Å². The Morgan fingerprint density at radius 1 is 1.22 bits per heavy atom. The minimum atomic E-state index is -0.484. The number of nitrogens with zero attached hydrogens (tertiary/aromatic N) is 3. The molecule has 1 amide bonds. The van der Waals surface area contributed by atoms with Crippen LogP contribution in [0.25, 0.3) is 11.3 Å².